The number of carbonyl (C=O) groups excluding carboxylic acids is 1. The minimum absolute atomic E-state index is 0.102. The molecule has 1 aromatic rings. The van der Waals surface area contributed by atoms with Crippen LogP contribution in [0, 0.1) is 0 Å². The molecule has 2 rings (SSSR count). The molecule has 104 valence electrons. The van der Waals surface area contributed by atoms with Crippen LogP contribution >= 0.6 is 0 Å². The van der Waals surface area contributed by atoms with Crippen LogP contribution in [0.5, 0.6) is 11.5 Å². The van der Waals surface area contributed by atoms with Crippen LogP contribution in [0.2, 0.25) is 0 Å². The Bertz CT molecular complexity index is 467. The van der Waals surface area contributed by atoms with E-state index in [-0.39, 0.29) is 5.78 Å². The zero-order valence-electron chi connectivity index (χ0n) is 11.3. The number of hydrogen-bond acceptors (Lipinski definition) is 5. The molecule has 2 N–H and O–H groups in total. The Balaban J connectivity index is 2.32. The lowest BCUT2D eigenvalue weighted by molar-refractivity contribution is 0.0446. The van der Waals surface area contributed by atoms with E-state index in [1.807, 2.05) is 0 Å². The highest BCUT2D eigenvalue weighted by Gasteiger charge is 2.37. The van der Waals surface area contributed by atoms with Crippen LogP contribution in [0.1, 0.15) is 23.2 Å². The first-order valence-electron chi connectivity index (χ1n) is 6.24. The fourth-order valence-corrected chi connectivity index (χ4v) is 2.22. The van der Waals surface area contributed by atoms with Crippen LogP contribution in [0.15, 0.2) is 18.2 Å². The molecule has 1 aliphatic heterocycles. The first-order chi connectivity index (χ1) is 9.10. The molecule has 0 radical (unpaired) electrons. The molecule has 0 bridgehead atoms. The van der Waals surface area contributed by atoms with E-state index in [9.17, 15) is 4.79 Å². The van der Waals surface area contributed by atoms with Gasteiger partial charge in [0.15, 0.2) is 5.78 Å². The Morgan fingerprint density at radius 1 is 1.26 bits per heavy atom. The topological polar surface area (TPSA) is 70.8 Å². The van der Waals surface area contributed by atoms with E-state index < -0.39 is 5.54 Å². The van der Waals surface area contributed by atoms with Crippen molar-refractivity contribution in [3.63, 3.8) is 0 Å². The summed E-state index contributed by atoms with van der Waals surface area (Å²) in [6, 6.07) is 5.12. The molecule has 0 saturated carbocycles. The summed E-state index contributed by atoms with van der Waals surface area (Å²) in [7, 11) is 3.10. The molecule has 0 atom stereocenters. The average molecular weight is 265 g/mol. The van der Waals surface area contributed by atoms with E-state index in [2.05, 4.69) is 0 Å². The van der Waals surface area contributed by atoms with Gasteiger partial charge in [0, 0.05) is 19.3 Å². The molecule has 1 heterocycles. The summed E-state index contributed by atoms with van der Waals surface area (Å²) in [5.74, 6) is 1.03. The van der Waals surface area contributed by atoms with Gasteiger partial charge in [0.1, 0.15) is 11.5 Å². The lowest BCUT2D eigenvalue weighted by atomic mass is 9.83. The highest BCUT2D eigenvalue weighted by atomic mass is 16.5. The molecule has 5 heteroatoms. The van der Waals surface area contributed by atoms with Crippen molar-refractivity contribution in [3.05, 3.63) is 23.8 Å². The van der Waals surface area contributed by atoms with Crippen LogP contribution in [0.4, 0.5) is 0 Å². The molecule has 5 nitrogen and oxygen atoms in total. The van der Waals surface area contributed by atoms with Gasteiger partial charge in [-0.2, -0.15) is 0 Å². The van der Waals surface area contributed by atoms with E-state index >= 15 is 0 Å². The van der Waals surface area contributed by atoms with Crippen molar-refractivity contribution in [3.8, 4) is 11.5 Å². The summed E-state index contributed by atoms with van der Waals surface area (Å²) in [4.78, 5) is 12.6. The molecule has 1 saturated heterocycles. The molecule has 1 fully saturated rings. The molecule has 0 aromatic heterocycles. The van der Waals surface area contributed by atoms with Gasteiger partial charge in [0.25, 0.3) is 0 Å². The van der Waals surface area contributed by atoms with Crippen molar-refractivity contribution in [2.75, 3.05) is 27.4 Å². The molecule has 0 unspecified atom stereocenters. The molecule has 0 spiro atoms. The molecule has 1 aliphatic rings. The van der Waals surface area contributed by atoms with E-state index in [1.54, 1.807) is 25.3 Å². The zero-order valence-corrected chi connectivity index (χ0v) is 11.3. The summed E-state index contributed by atoms with van der Waals surface area (Å²) in [6.07, 6.45) is 1.06. The summed E-state index contributed by atoms with van der Waals surface area (Å²) in [5.41, 5.74) is 5.84. The smallest absolute Gasteiger partial charge is 0.186 e. The fraction of sp³-hybridized carbons (Fsp3) is 0.500. The van der Waals surface area contributed by atoms with Crippen LogP contribution in [-0.2, 0) is 4.74 Å². The second-order valence-corrected chi connectivity index (χ2v) is 4.66. The van der Waals surface area contributed by atoms with Gasteiger partial charge in [-0.15, -0.1) is 0 Å². The largest absolute Gasteiger partial charge is 0.497 e. The molecule has 1 aromatic carbocycles. The van der Waals surface area contributed by atoms with E-state index in [1.165, 1.54) is 7.11 Å². The third kappa shape index (κ3) is 2.72. The SMILES string of the molecule is COc1ccc(C(=O)C2(N)CCOCC2)c(OC)c1. The number of rotatable bonds is 4. The number of carbonyl (C=O) groups is 1. The monoisotopic (exact) mass is 265 g/mol. The van der Waals surface area contributed by atoms with Gasteiger partial charge in [-0.1, -0.05) is 0 Å². The Morgan fingerprint density at radius 2 is 1.95 bits per heavy atom. The molecule has 0 amide bonds. The predicted octanol–water partition coefficient (Wildman–Crippen LogP) is 1.39. The van der Waals surface area contributed by atoms with Gasteiger partial charge in [-0.3, -0.25) is 4.79 Å². The highest BCUT2D eigenvalue weighted by Crippen LogP contribution is 2.30. The summed E-state index contributed by atoms with van der Waals surface area (Å²) >= 11 is 0. The Morgan fingerprint density at radius 3 is 2.53 bits per heavy atom. The van der Waals surface area contributed by atoms with Crippen LogP contribution < -0.4 is 15.2 Å². The normalized spacial score (nSPS) is 17.8. The Kier molecular flexibility index (Phi) is 4.07. The number of hydrogen-bond donors (Lipinski definition) is 1. The summed E-state index contributed by atoms with van der Waals surface area (Å²) < 4.78 is 15.6. The lowest BCUT2D eigenvalue weighted by Crippen LogP contribution is -2.52. The average Bonchev–Trinajstić information content (AvgIpc) is 2.46. The van der Waals surface area contributed by atoms with Crippen LogP contribution in [-0.4, -0.2) is 38.8 Å². The van der Waals surface area contributed by atoms with Crippen molar-refractivity contribution in [1.82, 2.24) is 0 Å². The van der Waals surface area contributed by atoms with Crippen LogP contribution in [0.25, 0.3) is 0 Å². The lowest BCUT2D eigenvalue weighted by Gasteiger charge is -2.32. The minimum atomic E-state index is -0.861. The molecular formula is C14H19NO4. The number of nitrogens with two attached hydrogens (primary N) is 1. The highest BCUT2D eigenvalue weighted by molar-refractivity contribution is 6.05. The maximum atomic E-state index is 12.6. The van der Waals surface area contributed by atoms with Gasteiger partial charge >= 0.3 is 0 Å². The number of benzene rings is 1. The van der Waals surface area contributed by atoms with Gasteiger partial charge < -0.3 is 19.9 Å². The van der Waals surface area contributed by atoms with Crippen LogP contribution in [0.3, 0.4) is 0 Å². The van der Waals surface area contributed by atoms with Gasteiger partial charge in [0.05, 0.1) is 25.3 Å². The molecule has 0 aliphatic carbocycles. The van der Waals surface area contributed by atoms with Crippen molar-refractivity contribution in [1.29, 1.82) is 0 Å². The number of ether oxygens (including phenoxy) is 3. The van der Waals surface area contributed by atoms with Gasteiger partial charge in [0.2, 0.25) is 0 Å². The third-order valence-corrected chi connectivity index (χ3v) is 3.49. The third-order valence-electron chi connectivity index (χ3n) is 3.49. The Labute approximate surface area is 112 Å². The molecular weight excluding hydrogens is 246 g/mol. The van der Waals surface area contributed by atoms with E-state index in [4.69, 9.17) is 19.9 Å². The second kappa shape index (κ2) is 5.59. The van der Waals surface area contributed by atoms with Gasteiger partial charge in [-0.05, 0) is 25.0 Å². The first kappa shape index (κ1) is 13.8. The number of ketones is 1. The maximum Gasteiger partial charge on any atom is 0.186 e. The number of Topliss-reactive ketones (excluding diaryl/α,β-unsaturated/α-hetero) is 1. The Hall–Kier alpha value is -1.59. The number of methoxy groups -OCH3 is 2. The first-order valence-corrected chi connectivity index (χ1v) is 6.24. The van der Waals surface area contributed by atoms with Crippen molar-refractivity contribution in [2.45, 2.75) is 18.4 Å². The van der Waals surface area contributed by atoms with Crippen molar-refractivity contribution in [2.24, 2.45) is 5.73 Å². The summed E-state index contributed by atoms with van der Waals surface area (Å²) in [5, 5.41) is 0. The quantitative estimate of drug-likeness (QED) is 0.833. The molecule has 19 heavy (non-hydrogen) atoms. The fourth-order valence-electron chi connectivity index (χ4n) is 2.22. The summed E-state index contributed by atoms with van der Waals surface area (Å²) in [6.45, 7) is 1.03. The predicted molar refractivity (Wildman–Crippen MR) is 70.8 cm³/mol. The second-order valence-electron chi connectivity index (χ2n) is 4.66. The van der Waals surface area contributed by atoms with Crippen molar-refractivity contribution < 1.29 is 19.0 Å². The minimum Gasteiger partial charge on any atom is -0.497 e. The zero-order chi connectivity index (χ0) is 13.9. The van der Waals surface area contributed by atoms with Crippen molar-refractivity contribution >= 4 is 5.78 Å². The van der Waals surface area contributed by atoms with E-state index in [0.29, 0.717) is 43.1 Å². The van der Waals surface area contributed by atoms with E-state index in [0.717, 1.165) is 0 Å². The standard InChI is InChI=1S/C14H19NO4/c1-17-10-3-4-11(12(9-10)18-2)13(16)14(15)5-7-19-8-6-14/h3-4,9H,5-8,15H2,1-2H3. The van der Waals surface area contributed by atoms with Gasteiger partial charge in [-0.25, -0.2) is 0 Å². The maximum absolute atomic E-state index is 12.6.